The van der Waals surface area contributed by atoms with Gasteiger partial charge in [0.2, 0.25) is 5.91 Å². The van der Waals surface area contributed by atoms with Crippen LogP contribution in [0.4, 0.5) is 10.1 Å². The Labute approximate surface area is 113 Å². The average Bonchev–Trinajstić information content (AvgIpc) is 2.64. The number of hydrogen-bond acceptors (Lipinski definition) is 4. The summed E-state index contributed by atoms with van der Waals surface area (Å²) in [4.78, 5) is 36.0. The molecule has 102 valence electrons. The van der Waals surface area contributed by atoms with Crippen molar-refractivity contribution < 1.29 is 18.8 Å². The van der Waals surface area contributed by atoms with Gasteiger partial charge in [0.05, 0.1) is 23.7 Å². The molecule has 2 amide bonds. The lowest BCUT2D eigenvalue weighted by molar-refractivity contribution is -0.122. The molecule has 6 nitrogen and oxygen atoms in total. The highest BCUT2D eigenvalue weighted by atomic mass is 19.1. The van der Waals surface area contributed by atoms with Crippen LogP contribution in [0.15, 0.2) is 18.2 Å². The van der Waals surface area contributed by atoms with Gasteiger partial charge in [-0.3, -0.25) is 19.3 Å². The molecule has 0 radical (unpaired) electrons. The molecule has 20 heavy (non-hydrogen) atoms. The van der Waals surface area contributed by atoms with Crippen molar-refractivity contribution in [3.05, 3.63) is 29.6 Å². The van der Waals surface area contributed by atoms with Gasteiger partial charge < -0.3 is 5.32 Å². The molecular weight excluding hydrogens is 265 g/mol. The van der Waals surface area contributed by atoms with Gasteiger partial charge in [-0.2, -0.15) is 5.26 Å². The summed E-state index contributed by atoms with van der Waals surface area (Å²) in [5, 5.41) is 10.8. The first-order valence-corrected chi connectivity index (χ1v) is 5.84. The smallest absolute Gasteiger partial charge is 0.299 e. The van der Waals surface area contributed by atoms with Gasteiger partial charge in [0.1, 0.15) is 12.4 Å². The molecule has 1 aliphatic rings. The van der Waals surface area contributed by atoms with Crippen LogP contribution in [0.1, 0.15) is 16.8 Å². The van der Waals surface area contributed by atoms with E-state index in [1.54, 1.807) is 0 Å². The third-order valence-electron chi connectivity index (χ3n) is 2.79. The maximum absolute atomic E-state index is 13.1. The van der Waals surface area contributed by atoms with E-state index in [0.29, 0.717) is 0 Å². The van der Waals surface area contributed by atoms with Crippen LogP contribution in [-0.2, 0) is 9.59 Å². The SMILES string of the molecule is N#CCCNC(=O)CN1C(=O)C(=O)c2cc(F)ccc21. The molecule has 0 saturated heterocycles. The standard InChI is InChI=1S/C13H10FN3O3/c14-8-2-3-10-9(6-8)12(19)13(20)17(10)7-11(18)16-5-1-4-15/h2-3,6H,1,5,7H2,(H,16,18). The van der Waals surface area contributed by atoms with E-state index in [-0.39, 0.29) is 30.8 Å². The van der Waals surface area contributed by atoms with Crippen molar-refractivity contribution in [2.24, 2.45) is 0 Å². The monoisotopic (exact) mass is 275 g/mol. The minimum atomic E-state index is -0.860. The van der Waals surface area contributed by atoms with E-state index in [1.165, 1.54) is 6.07 Å². The van der Waals surface area contributed by atoms with Gasteiger partial charge >= 0.3 is 0 Å². The van der Waals surface area contributed by atoms with Crippen LogP contribution in [-0.4, -0.2) is 30.7 Å². The highest BCUT2D eigenvalue weighted by Crippen LogP contribution is 2.29. The molecule has 0 aromatic heterocycles. The molecule has 1 aromatic carbocycles. The van der Waals surface area contributed by atoms with Gasteiger partial charge in [-0.1, -0.05) is 0 Å². The zero-order valence-electron chi connectivity index (χ0n) is 10.4. The second kappa shape index (κ2) is 5.48. The van der Waals surface area contributed by atoms with Gasteiger partial charge in [-0.05, 0) is 18.2 Å². The molecule has 1 aromatic rings. The predicted molar refractivity (Wildman–Crippen MR) is 66.3 cm³/mol. The molecule has 0 fully saturated rings. The van der Waals surface area contributed by atoms with Crippen LogP contribution >= 0.6 is 0 Å². The first kappa shape index (κ1) is 13.7. The fourth-order valence-electron chi connectivity index (χ4n) is 1.89. The minimum absolute atomic E-state index is 0.0418. The lowest BCUT2D eigenvalue weighted by atomic mass is 10.1. The predicted octanol–water partition coefficient (Wildman–Crippen LogP) is 0.385. The molecule has 0 saturated carbocycles. The molecule has 1 aliphatic heterocycles. The van der Waals surface area contributed by atoms with Crippen LogP contribution in [0.25, 0.3) is 0 Å². The van der Waals surface area contributed by atoms with Crippen LogP contribution in [0.2, 0.25) is 0 Å². The lowest BCUT2D eigenvalue weighted by Crippen LogP contribution is -2.40. The summed E-state index contributed by atoms with van der Waals surface area (Å²) in [6.07, 6.45) is 0.153. The molecular formula is C13H10FN3O3. The zero-order valence-corrected chi connectivity index (χ0v) is 10.4. The number of Topliss-reactive ketones (excluding diaryl/α,β-unsaturated/α-hetero) is 1. The van der Waals surface area contributed by atoms with E-state index in [4.69, 9.17) is 5.26 Å². The number of carbonyl (C=O) groups is 3. The van der Waals surface area contributed by atoms with E-state index in [1.807, 2.05) is 6.07 Å². The van der Waals surface area contributed by atoms with Crippen molar-refractivity contribution >= 4 is 23.3 Å². The molecule has 0 spiro atoms. The van der Waals surface area contributed by atoms with E-state index < -0.39 is 23.4 Å². The summed E-state index contributed by atoms with van der Waals surface area (Å²) >= 11 is 0. The first-order valence-electron chi connectivity index (χ1n) is 5.84. The Morgan fingerprint density at radius 3 is 2.85 bits per heavy atom. The summed E-state index contributed by atoms with van der Waals surface area (Å²) in [6.45, 7) is -0.170. The minimum Gasteiger partial charge on any atom is -0.354 e. The van der Waals surface area contributed by atoms with E-state index in [2.05, 4.69) is 5.32 Å². The number of ketones is 1. The molecule has 7 heteroatoms. The largest absolute Gasteiger partial charge is 0.354 e. The first-order chi connectivity index (χ1) is 9.54. The number of fused-ring (bicyclic) bond motifs is 1. The summed E-state index contributed by atoms with van der Waals surface area (Å²) in [7, 11) is 0. The molecule has 0 aliphatic carbocycles. The van der Waals surface area contributed by atoms with Crippen LogP contribution < -0.4 is 10.2 Å². The van der Waals surface area contributed by atoms with Gasteiger partial charge in [0, 0.05) is 6.54 Å². The summed E-state index contributed by atoms with van der Waals surface area (Å²) in [6, 6.07) is 5.24. The molecule has 2 rings (SSSR count). The second-order valence-corrected chi connectivity index (χ2v) is 4.14. The van der Waals surface area contributed by atoms with Crippen molar-refractivity contribution in [3.63, 3.8) is 0 Å². The van der Waals surface area contributed by atoms with Gasteiger partial charge in [0.25, 0.3) is 11.7 Å². The maximum atomic E-state index is 13.1. The Balaban J connectivity index is 2.14. The Hall–Kier alpha value is -2.75. The van der Waals surface area contributed by atoms with E-state index in [9.17, 15) is 18.8 Å². The third kappa shape index (κ3) is 2.49. The number of halogens is 1. The highest BCUT2D eigenvalue weighted by Gasteiger charge is 2.36. The number of nitrogens with zero attached hydrogens (tertiary/aromatic N) is 2. The average molecular weight is 275 g/mol. The van der Waals surface area contributed by atoms with Gasteiger partial charge in [-0.15, -0.1) is 0 Å². The number of rotatable bonds is 4. The lowest BCUT2D eigenvalue weighted by Gasteiger charge is -2.15. The van der Waals surface area contributed by atoms with Crippen LogP contribution in [0.3, 0.4) is 0 Å². The van der Waals surface area contributed by atoms with Crippen molar-refractivity contribution in [2.45, 2.75) is 6.42 Å². The number of benzene rings is 1. The van der Waals surface area contributed by atoms with Gasteiger partial charge in [0.15, 0.2) is 0 Å². The fraction of sp³-hybridized carbons (Fsp3) is 0.231. The highest BCUT2D eigenvalue weighted by molar-refractivity contribution is 6.52. The summed E-state index contributed by atoms with van der Waals surface area (Å²) < 4.78 is 13.1. The third-order valence-corrected chi connectivity index (χ3v) is 2.79. The number of nitrogens with one attached hydrogen (secondary N) is 1. The number of anilines is 1. The van der Waals surface area contributed by atoms with E-state index >= 15 is 0 Å². The zero-order chi connectivity index (χ0) is 14.7. The van der Waals surface area contributed by atoms with Crippen molar-refractivity contribution in [1.29, 1.82) is 5.26 Å². The maximum Gasteiger partial charge on any atom is 0.299 e. The van der Waals surface area contributed by atoms with Crippen molar-refractivity contribution in [1.82, 2.24) is 5.32 Å². The number of nitriles is 1. The summed E-state index contributed by atoms with van der Waals surface area (Å²) in [5.41, 5.74) is 0.177. The topological polar surface area (TPSA) is 90.3 Å². The second-order valence-electron chi connectivity index (χ2n) is 4.14. The Morgan fingerprint density at radius 1 is 1.40 bits per heavy atom. The number of hydrogen-bond donors (Lipinski definition) is 1. The Morgan fingerprint density at radius 2 is 2.15 bits per heavy atom. The number of carbonyl (C=O) groups excluding carboxylic acids is 3. The van der Waals surface area contributed by atoms with E-state index in [0.717, 1.165) is 17.0 Å². The quantitative estimate of drug-likeness (QED) is 0.635. The van der Waals surface area contributed by atoms with Crippen LogP contribution in [0, 0.1) is 17.1 Å². The normalized spacial score (nSPS) is 13.1. The number of amides is 2. The molecule has 1 heterocycles. The Kier molecular flexibility index (Phi) is 3.75. The van der Waals surface area contributed by atoms with Crippen molar-refractivity contribution in [2.75, 3.05) is 18.0 Å². The molecule has 0 bridgehead atoms. The molecule has 1 N–H and O–H groups in total. The summed E-state index contributed by atoms with van der Waals surface area (Å²) in [5.74, 6) is -2.80. The van der Waals surface area contributed by atoms with Gasteiger partial charge in [-0.25, -0.2) is 4.39 Å². The van der Waals surface area contributed by atoms with Crippen molar-refractivity contribution in [3.8, 4) is 6.07 Å². The van der Waals surface area contributed by atoms with Crippen LogP contribution in [0.5, 0.6) is 0 Å². The Bertz CT molecular complexity index is 636. The molecule has 0 unspecified atom stereocenters. The fourth-order valence-corrected chi connectivity index (χ4v) is 1.89. The molecule has 0 atom stereocenters.